The van der Waals surface area contributed by atoms with Gasteiger partial charge in [-0.3, -0.25) is 0 Å². The molecule has 0 radical (unpaired) electrons. The van der Waals surface area contributed by atoms with Crippen LogP contribution in [-0.4, -0.2) is 64.6 Å². The molecular weight excluding hydrogens is 428 g/mol. The van der Waals surface area contributed by atoms with Crippen molar-refractivity contribution in [2.45, 2.75) is 12.8 Å². The molecule has 0 unspecified atom stereocenters. The van der Waals surface area contributed by atoms with Gasteiger partial charge in [0.15, 0.2) is 5.75 Å². The van der Waals surface area contributed by atoms with Gasteiger partial charge in [0.1, 0.15) is 18.0 Å². The van der Waals surface area contributed by atoms with Crippen molar-refractivity contribution in [1.82, 2.24) is 30.1 Å². The van der Waals surface area contributed by atoms with E-state index in [0.717, 1.165) is 60.4 Å². The number of fused-ring (bicyclic) bond motifs is 3. The van der Waals surface area contributed by atoms with Crippen molar-refractivity contribution in [3.05, 3.63) is 48.7 Å². The quantitative estimate of drug-likeness (QED) is 0.473. The topological polar surface area (TPSA) is 92.5 Å². The van der Waals surface area contributed by atoms with Crippen LogP contribution in [0.5, 0.6) is 5.75 Å². The number of pyridine rings is 1. The fraction of sp³-hybridized carbons (Fsp3) is 0.360. The molecule has 3 aromatic heterocycles. The fourth-order valence-corrected chi connectivity index (χ4v) is 4.65. The summed E-state index contributed by atoms with van der Waals surface area (Å²) in [6, 6.07) is 14.4. The van der Waals surface area contributed by atoms with E-state index in [2.05, 4.69) is 55.1 Å². The molecule has 0 atom stereocenters. The van der Waals surface area contributed by atoms with Gasteiger partial charge in [-0.1, -0.05) is 18.2 Å². The zero-order valence-electron chi connectivity index (χ0n) is 19.2. The molecule has 0 spiro atoms. The second-order valence-corrected chi connectivity index (χ2v) is 8.95. The predicted octanol–water partition coefficient (Wildman–Crippen LogP) is 3.09. The average Bonchev–Trinajstić information content (AvgIpc) is 3.33. The van der Waals surface area contributed by atoms with Gasteiger partial charge in [-0.05, 0) is 56.1 Å². The molecule has 1 fully saturated rings. The molecule has 9 heteroatoms. The van der Waals surface area contributed by atoms with Gasteiger partial charge >= 0.3 is 0 Å². The number of anilines is 2. The lowest BCUT2D eigenvalue weighted by Crippen LogP contribution is -2.31. The summed E-state index contributed by atoms with van der Waals surface area (Å²) in [5, 5.41) is 20.4. The third kappa shape index (κ3) is 3.92. The summed E-state index contributed by atoms with van der Waals surface area (Å²) in [6.07, 6.45) is 4.25. The number of piperidine rings is 1. The van der Waals surface area contributed by atoms with Gasteiger partial charge in [0.2, 0.25) is 11.5 Å². The minimum Gasteiger partial charge on any atom is -0.486 e. The van der Waals surface area contributed by atoms with E-state index in [1.807, 2.05) is 25.2 Å². The summed E-state index contributed by atoms with van der Waals surface area (Å²) >= 11 is 0. The average molecular weight is 457 g/mol. The minimum absolute atomic E-state index is 0.594. The first kappa shape index (κ1) is 20.9. The molecule has 9 nitrogen and oxygen atoms in total. The molecule has 5 heterocycles. The van der Waals surface area contributed by atoms with Gasteiger partial charge in [-0.2, -0.15) is 9.61 Å². The van der Waals surface area contributed by atoms with E-state index in [9.17, 15) is 0 Å². The summed E-state index contributed by atoms with van der Waals surface area (Å²) in [5.74, 6) is 2.03. The second-order valence-electron chi connectivity index (χ2n) is 8.95. The van der Waals surface area contributed by atoms with Crippen LogP contribution in [0.2, 0.25) is 0 Å². The van der Waals surface area contributed by atoms with Crippen LogP contribution in [0.1, 0.15) is 12.8 Å². The highest BCUT2D eigenvalue weighted by molar-refractivity contribution is 5.73. The van der Waals surface area contributed by atoms with Gasteiger partial charge in [0, 0.05) is 24.8 Å². The van der Waals surface area contributed by atoms with Crippen molar-refractivity contribution < 1.29 is 4.74 Å². The van der Waals surface area contributed by atoms with E-state index < -0.39 is 0 Å². The molecule has 34 heavy (non-hydrogen) atoms. The van der Waals surface area contributed by atoms with Crippen LogP contribution in [0.4, 0.5) is 11.4 Å². The fourth-order valence-electron chi connectivity index (χ4n) is 4.65. The van der Waals surface area contributed by atoms with Crippen LogP contribution in [0.15, 0.2) is 48.7 Å². The molecular formula is C25H28N8O. The van der Waals surface area contributed by atoms with Crippen LogP contribution in [0.3, 0.4) is 0 Å². The summed E-state index contributed by atoms with van der Waals surface area (Å²) < 4.78 is 7.60. The lowest BCUT2D eigenvalue weighted by molar-refractivity contribution is 0.312. The monoisotopic (exact) mass is 456 g/mol. The number of hydrogen-bond donors (Lipinski definition) is 2. The number of nitrogens with one attached hydrogen (secondary N) is 2. The Bertz CT molecular complexity index is 1310. The largest absolute Gasteiger partial charge is 0.486 e. The van der Waals surface area contributed by atoms with Crippen LogP contribution >= 0.6 is 0 Å². The lowest BCUT2D eigenvalue weighted by Gasteiger charge is -2.26. The molecule has 4 aromatic rings. The lowest BCUT2D eigenvalue weighted by atomic mass is 9.98. The maximum absolute atomic E-state index is 5.89. The van der Waals surface area contributed by atoms with E-state index in [4.69, 9.17) is 9.72 Å². The van der Waals surface area contributed by atoms with Crippen molar-refractivity contribution >= 4 is 17.0 Å². The van der Waals surface area contributed by atoms with Gasteiger partial charge in [0.25, 0.3) is 0 Å². The van der Waals surface area contributed by atoms with Crippen molar-refractivity contribution in [3.63, 3.8) is 0 Å². The normalized spacial score (nSPS) is 16.3. The Kier molecular flexibility index (Phi) is 5.46. The first-order valence-corrected chi connectivity index (χ1v) is 11.9. The van der Waals surface area contributed by atoms with Crippen molar-refractivity contribution in [1.29, 1.82) is 0 Å². The Labute approximate surface area is 198 Å². The molecule has 0 aliphatic carbocycles. The first-order chi connectivity index (χ1) is 16.8. The van der Waals surface area contributed by atoms with Crippen LogP contribution in [0.25, 0.3) is 28.4 Å². The first-order valence-electron chi connectivity index (χ1n) is 11.9. The van der Waals surface area contributed by atoms with Gasteiger partial charge in [0.05, 0.1) is 18.4 Å². The molecule has 2 aliphatic rings. The van der Waals surface area contributed by atoms with Gasteiger partial charge in [-0.25, -0.2) is 4.98 Å². The molecule has 6 rings (SSSR count). The number of likely N-dealkylation sites (N-methyl/N-ethyl adjacent to an activating group) is 1. The second kappa shape index (κ2) is 8.90. The summed E-state index contributed by atoms with van der Waals surface area (Å²) in [5.41, 5.74) is 5.30. The zero-order chi connectivity index (χ0) is 22.9. The molecule has 1 aromatic carbocycles. The highest BCUT2D eigenvalue weighted by Crippen LogP contribution is 2.34. The molecule has 2 aliphatic heterocycles. The third-order valence-corrected chi connectivity index (χ3v) is 6.65. The Morgan fingerprint density at radius 3 is 2.85 bits per heavy atom. The Morgan fingerprint density at radius 1 is 1.09 bits per heavy atom. The van der Waals surface area contributed by atoms with Crippen molar-refractivity contribution in [2.75, 3.05) is 50.1 Å². The van der Waals surface area contributed by atoms with Crippen molar-refractivity contribution in [3.8, 4) is 28.5 Å². The van der Waals surface area contributed by atoms with E-state index in [1.54, 1.807) is 10.7 Å². The number of ether oxygens (including phenoxy) is 1. The number of rotatable bonds is 5. The van der Waals surface area contributed by atoms with E-state index in [1.165, 1.54) is 12.8 Å². The predicted molar refractivity (Wildman–Crippen MR) is 132 cm³/mol. The maximum Gasteiger partial charge on any atom is 0.222 e. The smallest absolute Gasteiger partial charge is 0.222 e. The Balaban J connectivity index is 1.28. The molecule has 174 valence electrons. The number of aromatic nitrogens is 5. The molecule has 0 bridgehead atoms. The Hall–Kier alpha value is -3.72. The van der Waals surface area contributed by atoms with Gasteiger partial charge in [-0.15, -0.1) is 10.2 Å². The van der Waals surface area contributed by atoms with E-state index in [-0.39, 0.29) is 0 Å². The molecule has 1 saturated heterocycles. The molecule has 0 amide bonds. The van der Waals surface area contributed by atoms with Gasteiger partial charge < -0.3 is 20.3 Å². The molecule has 2 N–H and O–H groups in total. The van der Waals surface area contributed by atoms with Crippen LogP contribution in [-0.2, 0) is 0 Å². The zero-order valence-corrected chi connectivity index (χ0v) is 19.2. The van der Waals surface area contributed by atoms with E-state index >= 15 is 0 Å². The standard InChI is InChI=1S/C25H28N8O/c1-32-12-13-34-23-22(32)16-28-33-24(30-31-25(23)33)21-7-3-6-20(29-21)18-4-2-5-19(14-18)27-15-17-8-10-26-11-9-17/h2-7,14,16-17,26-27H,8-13,15H2,1H3. The SMILES string of the molecule is CN1CCOc2c1cnn1c(-c3cccc(-c4cccc(NCC5CCNCC5)c4)n3)nnc21. The number of nitrogens with zero attached hydrogens (tertiary/aromatic N) is 6. The Morgan fingerprint density at radius 2 is 1.94 bits per heavy atom. The highest BCUT2D eigenvalue weighted by atomic mass is 16.5. The minimum atomic E-state index is 0.594. The number of benzene rings is 1. The molecule has 0 saturated carbocycles. The summed E-state index contributed by atoms with van der Waals surface area (Å²) in [6.45, 7) is 4.65. The summed E-state index contributed by atoms with van der Waals surface area (Å²) in [7, 11) is 2.02. The highest BCUT2D eigenvalue weighted by Gasteiger charge is 2.23. The van der Waals surface area contributed by atoms with E-state index in [0.29, 0.717) is 23.8 Å². The van der Waals surface area contributed by atoms with Crippen molar-refractivity contribution in [2.24, 2.45) is 5.92 Å². The van der Waals surface area contributed by atoms with Crippen LogP contribution in [0, 0.1) is 5.92 Å². The third-order valence-electron chi connectivity index (χ3n) is 6.65. The number of hydrogen-bond acceptors (Lipinski definition) is 8. The maximum atomic E-state index is 5.89. The van der Waals surface area contributed by atoms with Crippen LogP contribution < -0.4 is 20.3 Å². The summed E-state index contributed by atoms with van der Waals surface area (Å²) in [4.78, 5) is 7.02.